The second-order valence-electron chi connectivity index (χ2n) is 7.31. The van der Waals surface area contributed by atoms with Crippen LogP contribution in [0.3, 0.4) is 0 Å². The molecular formula is C21H34O3. The van der Waals surface area contributed by atoms with Gasteiger partial charge in [0.25, 0.3) is 0 Å². The fourth-order valence-corrected chi connectivity index (χ4v) is 4.15. The van der Waals surface area contributed by atoms with Crippen molar-refractivity contribution in [1.82, 2.24) is 0 Å². The largest absolute Gasteiger partial charge is 0.481 e. The lowest BCUT2D eigenvalue weighted by molar-refractivity contribution is -0.137. The van der Waals surface area contributed by atoms with Crippen LogP contribution in [0, 0.1) is 11.8 Å². The third kappa shape index (κ3) is 6.08. The summed E-state index contributed by atoms with van der Waals surface area (Å²) >= 11 is 0. The zero-order valence-electron chi connectivity index (χ0n) is 15.2. The quantitative estimate of drug-likeness (QED) is 0.378. The van der Waals surface area contributed by atoms with Crippen molar-refractivity contribution in [2.24, 2.45) is 11.8 Å². The number of unbranched alkanes of at least 4 members (excludes halogenated alkanes) is 4. The smallest absolute Gasteiger partial charge is 0.303 e. The van der Waals surface area contributed by atoms with E-state index in [1.165, 1.54) is 38.5 Å². The average molecular weight is 335 g/mol. The molecule has 2 aliphatic heterocycles. The van der Waals surface area contributed by atoms with Gasteiger partial charge in [-0.25, -0.2) is 0 Å². The van der Waals surface area contributed by atoms with Crippen molar-refractivity contribution in [1.29, 1.82) is 0 Å². The first-order chi connectivity index (χ1) is 11.7. The van der Waals surface area contributed by atoms with Crippen LogP contribution >= 0.6 is 0 Å². The zero-order chi connectivity index (χ0) is 17.2. The van der Waals surface area contributed by atoms with Crippen LogP contribution in [-0.2, 0) is 9.53 Å². The van der Waals surface area contributed by atoms with Gasteiger partial charge in [0, 0.05) is 6.42 Å². The van der Waals surface area contributed by atoms with Gasteiger partial charge in [0.05, 0.1) is 12.2 Å². The van der Waals surface area contributed by atoms with Gasteiger partial charge in [0.2, 0.25) is 0 Å². The highest BCUT2D eigenvalue weighted by molar-refractivity contribution is 5.66. The van der Waals surface area contributed by atoms with Crippen LogP contribution in [0.2, 0.25) is 0 Å². The minimum atomic E-state index is -0.698. The van der Waals surface area contributed by atoms with E-state index in [9.17, 15) is 4.79 Å². The second kappa shape index (κ2) is 10.7. The van der Waals surface area contributed by atoms with Gasteiger partial charge in [0.15, 0.2) is 0 Å². The lowest BCUT2D eigenvalue weighted by atomic mass is 9.76. The molecule has 136 valence electrons. The van der Waals surface area contributed by atoms with Crippen molar-refractivity contribution in [3.63, 3.8) is 0 Å². The fraction of sp³-hybridized carbons (Fsp3) is 0.762. The van der Waals surface area contributed by atoms with Gasteiger partial charge in [-0.1, -0.05) is 44.1 Å². The predicted octanol–water partition coefficient (Wildman–Crippen LogP) is 5.51. The molecule has 4 atom stereocenters. The summed E-state index contributed by atoms with van der Waals surface area (Å²) in [5.41, 5.74) is 0. The summed E-state index contributed by atoms with van der Waals surface area (Å²) in [7, 11) is 0. The van der Waals surface area contributed by atoms with Crippen LogP contribution < -0.4 is 0 Å². The average Bonchev–Trinajstić information content (AvgIpc) is 3.15. The summed E-state index contributed by atoms with van der Waals surface area (Å²) in [5.74, 6) is 0.630. The first-order valence-electron chi connectivity index (χ1n) is 9.89. The zero-order valence-corrected chi connectivity index (χ0v) is 15.2. The molecule has 2 heterocycles. The van der Waals surface area contributed by atoms with Crippen LogP contribution in [0.4, 0.5) is 0 Å². The van der Waals surface area contributed by atoms with Crippen molar-refractivity contribution < 1.29 is 14.6 Å². The number of allylic oxidation sites excluding steroid dienone is 4. The van der Waals surface area contributed by atoms with Gasteiger partial charge >= 0.3 is 5.97 Å². The maximum absolute atomic E-state index is 10.5. The SMILES string of the molecule is CCCCC/C=C\C[C@@H]1[C@H](C/C=C\CCCC(=O)O)[C@@H]2CC[C@H]1O2. The molecule has 3 heteroatoms. The summed E-state index contributed by atoms with van der Waals surface area (Å²) in [6, 6.07) is 0. The standard InChI is InChI=1S/C21H34O3/c1-2-3-4-5-6-9-12-17-18(20-16-15-19(17)24-20)13-10-7-8-11-14-21(22)23/h6-7,9-10,17-20H,2-5,8,11-16H2,1H3,(H,22,23)/b9-6-,10-7-/t17-,18+,19-,20+/m1/s1. The highest BCUT2D eigenvalue weighted by atomic mass is 16.5. The van der Waals surface area contributed by atoms with Crippen molar-refractivity contribution in [2.45, 2.75) is 89.8 Å². The molecule has 0 aromatic carbocycles. The van der Waals surface area contributed by atoms with E-state index in [-0.39, 0.29) is 6.42 Å². The van der Waals surface area contributed by atoms with E-state index < -0.39 is 5.97 Å². The van der Waals surface area contributed by atoms with Crippen molar-refractivity contribution in [3.05, 3.63) is 24.3 Å². The Kier molecular flexibility index (Phi) is 8.58. The molecule has 2 fully saturated rings. The molecule has 2 saturated heterocycles. The Hall–Kier alpha value is -1.09. The van der Waals surface area contributed by atoms with E-state index in [4.69, 9.17) is 9.84 Å². The number of fused-ring (bicyclic) bond motifs is 2. The number of carbonyl (C=O) groups is 1. The molecule has 2 bridgehead atoms. The number of hydrogen-bond donors (Lipinski definition) is 1. The number of ether oxygens (including phenoxy) is 1. The summed E-state index contributed by atoms with van der Waals surface area (Å²) in [4.78, 5) is 10.5. The monoisotopic (exact) mass is 334 g/mol. The van der Waals surface area contributed by atoms with Crippen molar-refractivity contribution >= 4 is 5.97 Å². The van der Waals surface area contributed by atoms with E-state index in [0.29, 0.717) is 24.0 Å². The first kappa shape index (κ1) is 19.2. The molecule has 0 aromatic heterocycles. The predicted molar refractivity (Wildman–Crippen MR) is 98.0 cm³/mol. The minimum absolute atomic E-state index is 0.271. The number of carboxylic acids is 1. The van der Waals surface area contributed by atoms with Gasteiger partial charge in [0.1, 0.15) is 0 Å². The van der Waals surface area contributed by atoms with E-state index in [1.807, 2.05) is 0 Å². The fourth-order valence-electron chi connectivity index (χ4n) is 4.15. The highest BCUT2D eigenvalue weighted by Gasteiger charge is 2.47. The van der Waals surface area contributed by atoms with E-state index in [0.717, 1.165) is 25.7 Å². The summed E-state index contributed by atoms with van der Waals surface area (Å²) in [6.45, 7) is 2.25. The molecule has 3 nitrogen and oxygen atoms in total. The summed E-state index contributed by atoms with van der Waals surface area (Å²) < 4.78 is 6.16. The van der Waals surface area contributed by atoms with Crippen LogP contribution in [0.5, 0.6) is 0 Å². The minimum Gasteiger partial charge on any atom is -0.481 e. The van der Waals surface area contributed by atoms with Crippen LogP contribution in [0.15, 0.2) is 24.3 Å². The maximum Gasteiger partial charge on any atom is 0.303 e. The number of carboxylic acid groups (broad SMARTS) is 1. The normalized spacial score (nSPS) is 29.2. The van der Waals surface area contributed by atoms with Gasteiger partial charge < -0.3 is 9.84 Å². The van der Waals surface area contributed by atoms with E-state index in [2.05, 4.69) is 31.2 Å². The second-order valence-corrected chi connectivity index (χ2v) is 7.31. The molecule has 2 rings (SSSR count). The summed E-state index contributed by atoms with van der Waals surface area (Å²) in [5, 5.41) is 8.65. The Bertz CT molecular complexity index is 427. The van der Waals surface area contributed by atoms with Crippen molar-refractivity contribution in [3.8, 4) is 0 Å². The first-order valence-corrected chi connectivity index (χ1v) is 9.89. The van der Waals surface area contributed by atoms with Crippen LogP contribution in [0.25, 0.3) is 0 Å². The number of rotatable bonds is 12. The third-order valence-electron chi connectivity index (χ3n) is 5.48. The number of aliphatic carboxylic acids is 1. The van der Waals surface area contributed by atoms with Crippen LogP contribution in [0.1, 0.15) is 77.6 Å². The molecule has 0 saturated carbocycles. The third-order valence-corrected chi connectivity index (χ3v) is 5.48. The molecule has 1 N–H and O–H groups in total. The molecule has 2 aliphatic rings. The van der Waals surface area contributed by atoms with Crippen LogP contribution in [-0.4, -0.2) is 23.3 Å². The highest BCUT2D eigenvalue weighted by Crippen LogP contribution is 2.46. The lowest BCUT2D eigenvalue weighted by Crippen LogP contribution is -2.26. The molecule has 0 amide bonds. The molecule has 0 aromatic rings. The van der Waals surface area contributed by atoms with E-state index >= 15 is 0 Å². The molecular weight excluding hydrogens is 300 g/mol. The molecule has 0 unspecified atom stereocenters. The van der Waals surface area contributed by atoms with Gasteiger partial charge in [-0.2, -0.15) is 0 Å². The lowest BCUT2D eigenvalue weighted by Gasteiger charge is -2.26. The Morgan fingerprint density at radius 2 is 1.54 bits per heavy atom. The molecule has 0 radical (unpaired) electrons. The Balaban J connectivity index is 1.71. The van der Waals surface area contributed by atoms with Gasteiger partial charge in [-0.15, -0.1) is 0 Å². The molecule has 0 aliphatic carbocycles. The Labute approximate surface area is 147 Å². The maximum atomic E-state index is 10.5. The topological polar surface area (TPSA) is 46.5 Å². The Morgan fingerprint density at radius 1 is 0.958 bits per heavy atom. The van der Waals surface area contributed by atoms with E-state index in [1.54, 1.807) is 0 Å². The number of hydrogen-bond acceptors (Lipinski definition) is 2. The van der Waals surface area contributed by atoms with Crippen molar-refractivity contribution in [2.75, 3.05) is 0 Å². The molecule has 0 spiro atoms. The van der Waals surface area contributed by atoms with Gasteiger partial charge in [-0.05, 0) is 63.2 Å². The van der Waals surface area contributed by atoms with Gasteiger partial charge in [-0.3, -0.25) is 4.79 Å². The Morgan fingerprint density at radius 3 is 2.08 bits per heavy atom. The summed E-state index contributed by atoms with van der Waals surface area (Å²) in [6.07, 6.45) is 21.8. The molecule has 24 heavy (non-hydrogen) atoms.